The normalized spacial score (nSPS) is 14.9. The lowest BCUT2D eigenvalue weighted by molar-refractivity contribution is -0.384. The molecule has 180 valence electrons. The number of nitrogens with one attached hydrogen (secondary N) is 1. The van der Waals surface area contributed by atoms with Gasteiger partial charge >= 0.3 is 0 Å². The number of anilines is 1. The Morgan fingerprint density at radius 3 is 2.17 bits per heavy atom. The monoisotopic (exact) mass is 493 g/mol. The number of sulfonamides is 1. The molecule has 0 saturated carbocycles. The highest BCUT2D eigenvalue weighted by Crippen LogP contribution is 2.24. The molecule has 1 N–H and O–H groups in total. The zero-order valence-electron chi connectivity index (χ0n) is 18.7. The summed E-state index contributed by atoms with van der Waals surface area (Å²) < 4.78 is 32.2. The quantitative estimate of drug-likeness (QED) is 0.231. The van der Waals surface area contributed by atoms with E-state index in [1.165, 1.54) is 28.6 Å². The van der Waals surface area contributed by atoms with Crippen molar-refractivity contribution in [3.63, 3.8) is 0 Å². The average molecular weight is 494 g/mol. The van der Waals surface area contributed by atoms with Crippen LogP contribution in [0.4, 0.5) is 11.4 Å². The van der Waals surface area contributed by atoms with Gasteiger partial charge in [-0.05, 0) is 53.6 Å². The van der Waals surface area contributed by atoms with Crippen LogP contribution in [0.3, 0.4) is 0 Å². The number of nitro groups is 1. The average Bonchev–Trinajstić information content (AvgIpc) is 2.89. The maximum absolute atomic E-state index is 13.2. The number of hydrogen-bond donors (Lipinski definition) is 1. The van der Waals surface area contributed by atoms with E-state index in [0.717, 1.165) is 0 Å². The molecule has 1 aliphatic heterocycles. The molecule has 1 heterocycles. The van der Waals surface area contributed by atoms with Gasteiger partial charge in [0.15, 0.2) is 0 Å². The molecule has 10 heteroatoms. The van der Waals surface area contributed by atoms with E-state index in [0.29, 0.717) is 48.7 Å². The molecule has 1 amide bonds. The van der Waals surface area contributed by atoms with Gasteiger partial charge in [0.25, 0.3) is 11.6 Å². The van der Waals surface area contributed by atoms with E-state index < -0.39 is 20.9 Å². The summed E-state index contributed by atoms with van der Waals surface area (Å²) in [5.41, 5.74) is 2.03. The Kier molecular flexibility index (Phi) is 7.35. The van der Waals surface area contributed by atoms with Gasteiger partial charge in [-0.2, -0.15) is 4.31 Å². The maximum atomic E-state index is 13.2. The largest absolute Gasteiger partial charge is 0.379 e. The SMILES string of the molecule is O=C(Nc1ccc(S(=O)(=O)N2CCOCC2)cc1)/C(=C/c1ccc([N+](=O)[O-])cc1)c1ccccc1. The van der Waals surface area contributed by atoms with Crippen molar-refractivity contribution in [3.05, 3.63) is 100 Å². The second-order valence-corrected chi connectivity index (χ2v) is 9.71. The van der Waals surface area contributed by atoms with Crippen molar-refractivity contribution in [1.82, 2.24) is 4.31 Å². The zero-order valence-corrected chi connectivity index (χ0v) is 19.5. The first-order chi connectivity index (χ1) is 16.8. The molecule has 1 aliphatic rings. The Hall–Kier alpha value is -3.86. The van der Waals surface area contributed by atoms with Crippen LogP contribution in [-0.2, 0) is 19.6 Å². The van der Waals surface area contributed by atoms with Gasteiger partial charge in [-0.3, -0.25) is 14.9 Å². The maximum Gasteiger partial charge on any atom is 0.269 e. The number of amides is 1. The number of benzene rings is 3. The number of carbonyl (C=O) groups excluding carboxylic acids is 1. The van der Waals surface area contributed by atoms with Gasteiger partial charge in [0, 0.05) is 36.5 Å². The molecule has 1 fully saturated rings. The molecular formula is C25H23N3O6S. The van der Waals surface area contributed by atoms with Crippen LogP contribution in [0.25, 0.3) is 11.6 Å². The fraction of sp³-hybridized carbons (Fsp3) is 0.160. The lowest BCUT2D eigenvalue weighted by Gasteiger charge is -2.26. The highest BCUT2D eigenvalue weighted by molar-refractivity contribution is 7.89. The number of nitro benzene ring substituents is 1. The molecule has 1 saturated heterocycles. The first-order valence-electron chi connectivity index (χ1n) is 10.9. The summed E-state index contributed by atoms with van der Waals surface area (Å²) in [7, 11) is -3.64. The van der Waals surface area contributed by atoms with Crippen molar-refractivity contribution >= 4 is 39.0 Å². The van der Waals surface area contributed by atoms with Crippen LogP contribution in [0.1, 0.15) is 11.1 Å². The number of ether oxygens (including phenoxy) is 1. The Balaban J connectivity index is 1.57. The summed E-state index contributed by atoms with van der Waals surface area (Å²) >= 11 is 0. The van der Waals surface area contributed by atoms with Gasteiger partial charge in [-0.25, -0.2) is 8.42 Å². The first-order valence-corrected chi connectivity index (χ1v) is 12.3. The lowest BCUT2D eigenvalue weighted by Crippen LogP contribution is -2.40. The van der Waals surface area contributed by atoms with Crippen LogP contribution in [0, 0.1) is 10.1 Å². The Bertz CT molecular complexity index is 1330. The van der Waals surface area contributed by atoms with E-state index in [1.807, 2.05) is 6.07 Å². The molecule has 9 nitrogen and oxygen atoms in total. The van der Waals surface area contributed by atoms with Crippen LogP contribution in [0.15, 0.2) is 83.8 Å². The number of nitrogens with zero attached hydrogens (tertiary/aromatic N) is 2. The molecule has 0 radical (unpaired) electrons. The minimum absolute atomic E-state index is 0.0417. The smallest absolute Gasteiger partial charge is 0.269 e. The molecule has 3 aromatic rings. The van der Waals surface area contributed by atoms with Crippen molar-refractivity contribution < 1.29 is 22.9 Å². The Labute approximate surface area is 202 Å². The van der Waals surface area contributed by atoms with Crippen molar-refractivity contribution in [3.8, 4) is 0 Å². The standard InChI is InChI=1S/C25H23N3O6S/c29-25(26-21-8-12-23(13-9-21)35(32,33)27-14-16-34-17-15-27)24(20-4-2-1-3-5-20)18-19-6-10-22(11-7-19)28(30)31/h1-13,18H,14-17H2,(H,26,29)/b24-18+. The van der Waals surface area contributed by atoms with Crippen molar-refractivity contribution in [1.29, 1.82) is 0 Å². The van der Waals surface area contributed by atoms with E-state index in [2.05, 4.69) is 5.32 Å². The number of non-ortho nitro benzene ring substituents is 1. The van der Waals surface area contributed by atoms with Gasteiger partial charge in [0.05, 0.1) is 23.0 Å². The van der Waals surface area contributed by atoms with E-state index in [1.54, 1.807) is 54.6 Å². The highest BCUT2D eigenvalue weighted by atomic mass is 32.2. The lowest BCUT2D eigenvalue weighted by atomic mass is 10.0. The van der Waals surface area contributed by atoms with Gasteiger partial charge in [-0.15, -0.1) is 0 Å². The molecule has 4 rings (SSSR count). The molecule has 0 spiro atoms. The van der Waals surface area contributed by atoms with E-state index in [4.69, 9.17) is 4.74 Å². The summed E-state index contributed by atoms with van der Waals surface area (Å²) in [6.07, 6.45) is 1.64. The van der Waals surface area contributed by atoms with Crippen molar-refractivity contribution in [2.24, 2.45) is 0 Å². The second kappa shape index (κ2) is 10.6. The Morgan fingerprint density at radius 2 is 1.57 bits per heavy atom. The number of carbonyl (C=O) groups is 1. The molecule has 0 atom stereocenters. The van der Waals surface area contributed by atoms with E-state index in [-0.39, 0.29) is 10.6 Å². The van der Waals surface area contributed by atoms with E-state index in [9.17, 15) is 23.3 Å². The van der Waals surface area contributed by atoms with Crippen LogP contribution < -0.4 is 5.32 Å². The Morgan fingerprint density at radius 1 is 0.943 bits per heavy atom. The molecule has 0 unspecified atom stereocenters. The summed E-state index contributed by atoms with van der Waals surface area (Å²) in [4.78, 5) is 23.8. The molecule has 0 aliphatic carbocycles. The van der Waals surface area contributed by atoms with Gasteiger partial charge in [0.2, 0.25) is 10.0 Å². The minimum Gasteiger partial charge on any atom is -0.379 e. The number of hydrogen-bond acceptors (Lipinski definition) is 6. The fourth-order valence-corrected chi connectivity index (χ4v) is 5.01. The highest BCUT2D eigenvalue weighted by Gasteiger charge is 2.26. The van der Waals surface area contributed by atoms with Crippen LogP contribution in [-0.4, -0.2) is 49.9 Å². The third-order valence-corrected chi connectivity index (χ3v) is 7.38. The minimum atomic E-state index is -3.64. The second-order valence-electron chi connectivity index (χ2n) is 7.77. The zero-order chi connectivity index (χ0) is 24.8. The van der Waals surface area contributed by atoms with E-state index >= 15 is 0 Å². The van der Waals surface area contributed by atoms with Crippen LogP contribution in [0.5, 0.6) is 0 Å². The van der Waals surface area contributed by atoms with Crippen LogP contribution in [0.2, 0.25) is 0 Å². The van der Waals surface area contributed by atoms with Crippen LogP contribution >= 0.6 is 0 Å². The van der Waals surface area contributed by atoms with Crippen molar-refractivity contribution in [2.45, 2.75) is 4.90 Å². The summed E-state index contributed by atoms with van der Waals surface area (Å²) in [5.74, 6) is -0.404. The van der Waals surface area contributed by atoms with Gasteiger partial charge < -0.3 is 10.1 Å². The predicted octanol–water partition coefficient (Wildman–Crippen LogP) is 3.80. The fourth-order valence-electron chi connectivity index (χ4n) is 3.60. The summed E-state index contributed by atoms with van der Waals surface area (Å²) in [6, 6.07) is 20.9. The summed E-state index contributed by atoms with van der Waals surface area (Å²) in [6.45, 7) is 1.32. The van der Waals surface area contributed by atoms with Gasteiger partial charge in [-0.1, -0.05) is 30.3 Å². The molecule has 3 aromatic carbocycles. The number of morpholine rings is 1. The molecule has 0 bridgehead atoms. The predicted molar refractivity (Wildman–Crippen MR) is 132 cm³/mol. The first kappa shape index (κ1) is 24.3. The third-order valence-electron chi connectivity index (χ3n) is 5.46. The van der Waals surface area contributed by atoms with Gasteiger partial charge in [0.1, 0.15) is 0 Å². The summed E-state index contributed by atoms with van der Waals surface area (Å²) in [5, 5.41) is 13.7. The number of rotatable bonds is 7. The third kappa shape index (κ3) is 5.80. The molecule has 0 aromatic heterocycles. The molecular weight excluding hydrogens is 470 g/mol. The van der Waals surface area contributed by atoms with Crippen molar-refractivity contribution in [2.75, 3.05) is 31.6 Å². The molecule has 35 heavy (non-hydrogen) atoms. The topological polar surface area (TPSA) is 119 Å².